The normalized spacial score (nSPS) is 19.9. The molecule has 1 aliphatic carbocycles. The van der Waals surface area contributed by atoms with E-state index in [-0.39, 0.29) is 0 Å². The summed E-state index contributed by atoms with van der Waals surface area (Å²) in [6.07, 6.45) is 3.45. The Morgan fingerprint density at radius 2 is 2.36 bits per heavy atom. The largest absolute Gasteiger partial charge is 0.379 e. The zero-order chi connectivity index (χ0) is 10.1. The van der Waals surface area contributed by atoms with Crippen molar-refractivity contribution in [3.05, 3.63) is 16.0 Å². The molecule has 0 saturated heterocycles. The first-order valence-electron chi connectivity index (χ1n) is 4.98. The summed E-state index contributed by atoms with van der Waals surface area (Å²) < 4.78 is 0. The maximum absolute atomic E-state index is 9.08. The summed E-state index contributed by atoms with van der Waals surface area (Å²) in [6.45, 7) is 2.29. The summed E-state index contributed by atoms with van der Waals surface area (Å²) in [4.78, 5) is 1.42. The molecule has 2 rings (SSSR count). The fraction of sp³-hybridized carbons (Fsp3) is 0.545. The fourth-order valence-electron chi connectivity index (χ4n) is 2.05. The van der Waals surface area contributed by atoms with Gasteiger partial charge in [0.05, 0.1) is 5.56 Å². The van der Waals surface area contributed by atoms with Crippen LogP contribution in [0.15, 0.2) is 0 Å². The Bertz CT molecular complexity index is 387. The number of fused-ring (bicyclic) bond motifs is 1. The summed E-state index contributed by atoms with van der Waals surface area (Å²) in [5.74, 6) is 0.775. The second kappa shape index (κ2) is 3.62. The highest BCUT2D eigenvalue weighted by Gasteiger charge is 2.22. The van der Waals surface area contributed by atoms with Crippen LogP contribution in [0.2, 0.25) is 0 Å². The van der Waals surface area contributed by atoms with Crippen molar-refractivity contribution < 1.29 is 0 Å². The van der Waals surface area contributed by atoms with E-state index in [1.54, 1.807) is 11.3 Å². The molecular formula is C11H14N2S. The summed E-state index contributed by atoms with van der Waals surface area (Å²) in [5, 5.41) is 13.2. The third-order valence-electron chi connectivity index (χ3n) is 2.85. The molecule has 1 heterocycles. The van der Waals surface area contributed by atoms with E-state index in [1.807, 2.05) is 7.05 Å². The first kappa shape index (κ1) is 9.54. The van der Waals surface area contributed by atoms with Gasteiger partial charge < -0.3 is 5.32 Å². The van der Waals surface area contributed by atoms with Crippen LogP contribution < -0.4 is 5.32 Å². The van der Waals surface area contributed by atoms with Gasteiger partial charge in [0.1, 0.15) is 11.1 Å². The lowest BCUT2D eigenvalue weighted by Gasteiger charge is -2.17. The van der Waals surface area contributed by atoms with Crippen molar-refractivity contribution in [2.24, 2.45) is 5.92 Å². The molecule has 1 N–H and O–H groups in total. The van der Waals surface area contributed by atoms with E-state index in [4.69, 9.17) is 5.26 Å². The van der Waals surface area contributed by atoms with Crippen LogP contribution in [-0.4, -0.2) is 7.05 Å². The Hall–Kier alpha value is -1.01. The van der Waals surface area contributed by atoms with E-state index < -0.39 is 0 Å². The first-order valence-corrected chi connectivity index (χ1v) is 5.80. The van der Waals surface area contributed by atoms with E-state index >= 15 is 0 Å². The molecule has 74 valence electrons. The van der Waals surface area contributed by atoms with Crippen LogP contribution in [-0.2, 0) is 12.8 Å². The van der Waals surface area contributed by atoms with Crippen molar-refractivity contribution >= 4 is 16.3 Å². The smallest absolute Gasteiger partial charge is 0.107 e. The minimum absolute atomic E-state index is 0.775. The summed E-state index contributed by atoms with van der Waals surface area (Å²) >= 11 is 1.76. The van der Waals surface area contributed by atoms with Crippen molar-refractivity contribution in [1.29, 1.82) is 5.26 Å². The molecule has 0 radical (unpaired) electrons. The van der Waals surface area contributed by atoms with Gasteiger partial charge in [-0.2, -0.15) is 5.26 Å². The molecule has 1 atom stereocenters. The molecule has 0 amide bonds. The minimum Gasteiger partial charge on any atom is -0.379 e. The van der Waals surface area contributed by atoms with Gasteiger partial charge in [-0.1, -0.05) is 6.92 Å². The maximum Gasteiger partial charge on any atom is 0.107 e. The van der Waals surface area contributed by atoms with Gasteiger partial charge in [0, 0.05) is 11.9 Å². The van der Waals surface area contributed by atoms with E-state index in [2.05, 4.69) is 18.3 Å². The quantitative estimate of drug-likeness (QED) is 0.767. The van der Waals surface area contributed by atoms with Crippen LogP contribution >= 0.6 is 11.3 Å². The number of hydrogen-bond acceptors (Lipinski definition) is 3. The van der Waals surface area contributed by atoms with Gasteiger partial charge in [-0.25, -0.2) is 0 Å². The Morgan fingerprint density at radius 3 is 3.00 bits per heavy atom. The van der Waals surface area contributed by atoms with Crippen LogP contribution in [0.4, 0.5) is 5.00 Å². The minimum atomic E-state index is 0.775. The van der Waals surface area contributed by atoms with Crippen LogP contribution in [0.5, 0.6) is 0 Å². The molecule has 0 aromatic carbocycles. The second-order valence-corrected chi connectivity index (χ2v) is 5.02. The van der Waals surface area contributed by atoms with Gasteiger partial charge >= 0.3 is 0 Å². The third-order valence-corrected chi connectivity index (χ3v) is 4.12. The lowest BCUT2D eigenvalue weighted by Crippen LogP contribution is -2.09. The van der Waals surface area contributed by atoms with Gasteiger partial charge in [0.2, 0.25) is 0 Å². The van der Waals surface area contributed by atoms with Crippen LogP contribution in [0.1, 0.15) is 29.3 Å². The highest BCUT2D eigenvalue weighted by atomic mass is 32.1. The van der Waals surface area contributed by atoms with Gasteiger partial charge in [0.15, 0.2) is 0 Å². The molecule has 0 aliphatic heterocycles. The van der Waals surface area contributed by atoms with Crippen molar-refractivity contribution in [1.82, 2.24) is 0 Å². The van der Waals surface area contributed by atoms with E-state index in [1.165, 1.54) is 16.9 Å². The lowest BCUT2D eigenvalue weighted by atomic mass is 9.89. The van der Waals surface area contributed by atoms with Gasteiger partial charge in [-0.3, -0.25) is 0 Å². The molecule has 2 nitrogen and oxygen atoms in total. The molecule has 0 fully saturated rings. The molecule has 3 heteroatoms. The highest BCUT2D eigenvalue weighted by molar-refractivity contribution is 7.16. The van der Waals surface area contributed by atoms with Crippen LogP contribution in [0, 0.1) is 17.2 Å². The van der Waals surface area contributed by atoms with Crippen LogP contribution in [0.25, 0.3) is 0 Å². The summed E-state index contributed by atoms with van der Waals surface area (Å²) in [7, 11) is 1.89. The molecule has 0 spiro atoms. The summed E-state index contributed by atoms with van der Waals surface area (Å²) in [5.41, 5.74) is 2.19. The average Bonchev–Trinajstić information content (AvgIpc) is 2.54. The van der Waals surface area contributed by atoms with E-state index in [9.17, 15) is 0 Å². The fourth-order valence-corrected chi connectivity index (χ4v) is 3.36. The predicted molar refractivity (Wildman–Crippen MR) is 59.8 cm³/mol. The molecule has 14 heavy (non-hydrogen) atoms. The molecule has 1 aliphatic rings. The van der Waals surface area contributed by atoms with E-state index in [0.29, 0.717) is 0 Å². The molecule has 0 saturated carbocycles. The Kier molecular flexibility index (Phi) is 2.47. The van der Waals surface area contributed by atoms with Gasteiger partial charge in [-0.05, 0) is 30.7 Å². The third kappa shape index (κ3) is 1.40. The molecule has 1 aromatic heterocycles. The van der Waals surface area contributed by atoms with Crippen molar-refractivity contribution in [2.45, 2.75) is 26.2 Å². The Morgan fingerprint density at radius 1 is 1.57 bits per heavy atom. The number of nitriles is 1. The number of nitrogens with zero attached hydrogens (tertiary/aromatic N) is 1. The standard InChI is InChI=1S/C11H14N2S/c1-7-3-4-8-9(6-12)11(13-2)14-10(8)5-7/h7,13H,3-5H2,1-2H3/t7-/m0/s1. The van der Waals surface area contributed by atoms with Crippen molar-refractivity contribution in [2.75, 3.05) is 12.4 Å². The average molecular weight is 206 g/mol. The van der Waals surface area contributed by atoms with Crippen molar-refractivity contribution in [3.63, 3.8) is 0 Å². The Balaban J connectivity index is 2.47. The SMILES string of the molecule is CNc1sc2c(c1C#N)CC[C@H](C)C2. The monoisotopic (exact) mass is 206 g/mol. The Labute approximate surface area is 88.6 Å². The first-order chi connectivity index (χ1) is 6.76. The number of hydrogen-bond donors (Lipinski definition) is 1. The predicted octanol–water partition coefficient (Wildman–Crippen LogP) is 2.79. The topological polar surface area (TPSA) is 35.8 Å². The van der Waals surface area contributed by atoms with Gasteiger partial charge in [-0.15, -0.1) is 11.3 Å². The molecule has 0 unspecified atom stereocenters. The van der Waals surface area contributed by atoms with Crippen molar-refractivity contribution in [3.8, 4) is 6.07 Å². The lowest BCUT2D eigenvalue weighted by molar-refractivity contribution is 0.507. The number of thiophene rings is 1. The molecule has 1 aromatic rings. The number of anilines is 1. The molecule has 0 bridgehead atoms. The number of rotatable bonds is 1. The molecular weight excluding hydrogens is 192 g/mol. The van der Waals surface area contributed by atoms with E-state index in [0.717, 1.165) is 29.3 Å². The summed E-state index contributed by atoms with van der Waals surface area (Å²) in [6, 6.07) is 2.32. The number of nitrogens with one attached hydrogen (secondary N) is 1. The van der Waals surface area contributed by atoms with Crippen LogP contribution in [0.3, 0.4) is 0 Å². The van der Waals surface area contributed by atoms with Gasteiger partial charge in [0.25, 0.3) is 0 Å². The zero-order valence-corrected chi connectivity index (χ0v) is 9.37. The maximum atomic E-state index is 9.08. The highest BCUT2D eigenvalue weighted by Crippen LogP contribution is 2.38. The zero-order valence-electron chi connectivity index (χ0n) is 8.55. The second-order valence-electron chi connectivity index (χ2n) is 3.92.